The van der Waals surface area contributed by atoms with Gasteiger partial charge in [-0.1, -0.05) is 0 Å². The summed E-state index contributed by atoms with van der Waals surface area (Å²) in [6, 6.07) is 18.6. The van der Waals surface area contributed by atoms with Crippen molar-refractivity contribution in [3.63, 3.8) is 0 Å². The Morgan fingerprint density at radius 1 is 0.750 bits per heavy atom. The van der Waals surface area contributed by atoms with Gasteiger partial charge in [0.05, 0.1) is 0 Å². The molecule has 2 aromatic rings. The summed E-state index contributed by atoms with van der Waals surface area (Å²) in [6.45, 7) is 2.46. The summed E-state index contributed by atoms with van der Waals surface area (Å²) < 4.78 is 2.66. The van der Waals surface area contributed by atoms with Crippen LogP contribution in [-0.4, -0.2) is 0 Å². The summed E-state index contributed by atoms with van der Waals surface area (Å²) >= 11 is -0.752. The number of fused-ring (bicyclic) bond motifs is 3. The summed E-state index contributed by atoms with van der Waals surface area (Å²) in [5.74, 6) is 3.12. The van der Waals surface area contributed by atoms with Gasteiger partial charge in [-0.3, -0.25) is 0 Å². The fourth-order valence-electron chi connectivity index (χ4n) is 8.47. The van der Waals surface area contributed by atoms with E-state index in [1.165, 1.54) is 36.8 Å². The molecule has 0 N–H and O–H groups in total. The average Bonchev–Trinajstić information content (AvgIpc) is 3.26. The number of hydrogen-bond donors (Lipinski definition) is 0. The SMILES string of the molecule is CC1=CC[C]([Zr+2][CH]2c3ccccc3-c3ccccc32)=C1C12CC3CC(CC(C3)C1)C2.[Cl-].[Cl-]. The van der Waals surface area contributed by atoms with Gasteiger partial charge in [0, 0.05) is 0 Å². The largest absolute Gasteiger partial charge is 1.00 e. The predicted octanol–water partition coefficient (Wildman–Crippen LogP) is 1.67. The summed E-state index contributed by atoms with van der Waals surface area (Å²) in [5.41, 5.74) is 10.4. The molecule has 0 nitrogen and oxygen atoms in total. The fourth-order valence-corrected chi connectivity index (χ4v) is 13.4. The van der Waals surface area contributed by atoms with Crippen molar-refractivity contribution in [2.45, 2.75) is 55.5 Å². The third-order valence-electron chi connectivity index (χ3n) is 9.03. The Morgan fingerprint density at radius 2 is 1.25 bits per heavy atom. The molecule has 0 amide bonds. The first-order valence-corrected chi connectivity index (χ1v) is 14.7. The van der Waals surface area contributed by atoms with Crippen LogP contribution in [0.2, 0.25) is 0 Å². The van der Waals surface area contributed by atoms with Crippen molar-refractivity contribution >= 4 is 0 Å². The zero-order valence-corrected chi connectivity index (χ0v) is 22.7. The molecule has 0 atom stereocenters. The van der Waals surface area contributed by atoms with Crippen molar-refractivity contribution in [3.05, 3.63) is 80.2 Å². The van der Waals surface area contributed by atoms with E-state index in [1.54, 1.807) is 36.0 Å². The van der Waals surface area contributed by atoms with Crippen LogP contribution < -0.4 is 24.8 Å². The minimum atomic E-state index is -0.752. The summed E-state index contributed by atoms with van der Waals surface area (Å²) in [5, 5.41) is 0. The molecular formula is C29H30Cl2Zr. The molecule has 164 valence electrons. The van der Waals surface area contributed by atoms with Crippen LogP contribution in [-0.2, 0) is 23.2 Å². The third-order valence-corrected chi connectivity index (χ3v) is 13.2. The molecule has 0 unspecified atom stereocenters. The molecule has 32 heavy (non-hydrogen) atoms. The molecule has 6 aliphatic carbocycles. The van der Waals surface area contributed by atoms with Gasteiger partial charge < -0.3 is 24.8 Å². The maximum Gasteiger partial charge on any atom is -1.00 e. The van der Waals surface area contributed by atoms with E-state index in [0.717, 1.165) is 17.8 Å². The molecule has 0 radical (unpaired) electrons. The van der Waals surface area contributed by atoms with Crippen molar-refractivity contribution in [1.82, 2.24) is 0 Å². The van der Waals surface area contributed by atoms with Crippen LogP contribution in [0.25, 0.3) is 11.1 Å². The van der Waals surface area contributed by atoms with E-state index in [0.29, 0.717) is 9.04 Å². The number of rotatable bonds is 3. The van der Waals surface area contributed by atoms with Crippen molar-refractivity contribution in [3.8, 4) is 11.1 Å². The fraction of sp³-hybridized carbons (Fsp3) is 0.448. The van der Waals surface area contributed by atoms with Gasteiger partial charge in [0.2, 0.25) is 0 Å². The molecule has 0 heterocycles. The molecule has 0 aliphatic heterocycles. The van der Waals surface area contributed by atoms with E-state index in [4.69, 9.17) is 0 Å². The van der Waals surface area contributed by atoms with Gasteiger partial charge in [0.15, 0.2) is 0 Å². The zero-order valence-electron chi connectivity index (χ0n) is 18.7. The smallest absolute Gasteiger partial charge is 1.00 e. The second-order valence-corrected chi connectivity index (χ2v) is 14.5. The summed E-state index contributed by atoms with van der Waals surface area (Å²) in [4.78, 5) is 0. The minimum Gasteiger partial charge on any atom is -1.00 e. The quantitative estimate of drug-likeness (QED) is 0.556. The van der Waals surface area contributed by atoms with Gasteiger partial charge in [0.1, 0.15) is 0 Å². The minimum absolute atomic E-state index is 0. The first-order chi connectivity index (χ1) is 14.7. The van der Waals surface area contributed by atoms with Crippen molar-refractivity contribution in [2.24, 2.45) is 23.2 Å². The average molecular weight is 541 g/mol. The number of benzene rings is 2. The van der Waals surface area contributed by atoms with Gasteiger partial charge in [-0.05, 0) is 0 Å². The molecule has 2 aromatic carbocycles. The normalized spacial score (nSPS) is 31.4. The zero-order chi connectivity index (χ0) is 19.9. The van der Waals surface area contributed by atoms with E-state index >= 15 is 0 Å². The van der Waals surface area contributed by atoms with Crippen LogP contribution in [0.5, 0.6) is 0 Å². The molecule has 4 saturated carbocycles. The van der Waals surface area contributed by atoms with E-state index in [1.807, 2.05) is 8.85 Å². The molecule has 0 spiro atoms. The van der Waals surface area contributed by atoms with Gasteiger partial charge in [-0.25, -0.2) is 0 Å². The molecule has 0 aromatic heterocycles. The second kappa shape index (κ2) is 8.55. The monoisotopic (exact) mass is 538 g/mol. The maximum absolute atomic E-state index is 2.61. The number of halogens is 2. The Bertz CT molecular complexity index is 1030. The first kappa shape index (κ1) is 23.1. The van der Waals surface area contributed by atoms with E-state index < -0.39 is 23.2 Å². The Labute approximate surface area is 216 Å². The van der Waals surface area contributed by atoms with Gasteiger partial charge in [-0.2, -0.15) is 0 Å². The Kier molecular flexibility index (Phi) is 6.18. The topological polar surface area (TPSA) is 0 Å². The Balaban J connectivity index is 0.00000108. The van der Waals surface area contributed by atoms with Gasteiger partial charge in [-0.15, -0.1) is 0 Å². The van der Waals surface area contributed by atoms with Gasteiger partial charge >= 0.3 is 193 Å². The van der Waals surface area contributed by atoms with Gasteiger partial charge in [0.25, 0.3) is 0 Å². The molecule has 0 saturated heterocycles. The molecule has 4 fully saturated rings. The third kappa shape index (κ3) is 3.40. The van der Waals surface area contributed by atoms with Crippen LogP contribution in [0.15, 0.2) is 69.0 Å². The van der Waals surface area contributed by atoms with Crippen LogP contribution in [0.4, 0.5) is 0 Å². The second-order valence-electron chi connectivity index (χ2n) is 10.9. The Morgan fingerprint density at radius 3 is 1.78 bits per heavy atom. The molecule has 3 heteroatoms. The predicted molar refractivity (Wildman–Crippen MR) is 120 cm³/mol. The summed E-state index contributed by atoms with van der Waals surface area (Å²) in [7, 11) is 0. The standard InChI is InChI=1S/C16H21.C13H9.2ClH.Zr/c1-11-3-2-4-15(11)16-8-12-5-13(9-16)7-14(6-12)10-16;1-3-7-12-10(5-1)9-11-6-2-4-8-13(11)12;;;/h3,12-14H,2,5-10H2,1H3;1-9H;2*1H;/q;;;;+2/p-2. The van der Waals surface area contributed by atoms with Crippen molar-refractivity contribution in [2.75, 3.05) is 0 Å². The van der Waals surface area contributed by atoms with E-state index in [2.05, 4.69) is 61.5 Å². The molecular weight excluding hydrogens is 510 g/mol. The van der Waals surface area contributed by atoms with Crippen molar-refractivity contribution < 1.29 is 48.0 Å². The molecule has 8 rings (SSSR count). The maximum atomic E-state index is 2.61. The Hall–Kier alpha value is -0.617. The molecule has 4 bridgehead atoms. The van der Waals surface area contributed by atoms with E-state index in [-0.39, 0.29) is 24.8 Å². The number of hydrogen-bond acceptors (Lipinski definition) is 0. The van der Waals surface area contributed by atoms with E-state index in [9.17, 15) is 0 Å². The van der Waals surface area contributed by atoms with Crippen LogP contribution in [0.1, 0.15) is 66.6 Å². The molecule has 6 aliphatic rings. The number of allylic oxidation sites excluding steroid dienone is 4. The van der Waals surface area contributed by atoms with Crippen LogP contribution in [0.3, 0.4) is 0 Å². The van der Waals surface area contributed by atoms with Crippen molar-refractivity contribution in [1.29, 1.82) is 0 Å². The summed E-state index contributed by atoms with van der Waals surface area (Å²) in [6.07, 6.45) is 13.1. The van der Waals surface area contributed by atoms with Crippen LogP contribution >= 0.6 is 0 Å². The first-order valence-electron chi connectivity index (χ1n) is 12.1. The van der Waals surface area contributed by atoms with Crippen LogP contribution in [0, 0.1) is 23.2 Å².